The van der Waals surface area contributed by atoms with Crippen molar-refractivity contribution in [3.63, 3.8) is 0 Å². The summed E-state index contributed by atoms with van der Waals surface area (Å²) in [5.41, 5.74) is 8.00. The summed E-state index contributed by atoms with van der Waals surface area (Å²) in [4.78, 5) is 11.1. The molecule has 4 nitrogen and oxygen atoms in total. The number of nitrogens with one attached hydrogen (secondary N) is 1. The fourth-order valence-corrected chi connectivity index (χ4v) is 0.654. The summed E-state index contributed by atoms with van der Waals surface area (Å²) in [5.74, 6) is -0.0871. The summed E-state index contributed by atoms with van der Waals surface area (Å²) < 4.78 is 0.422. The van der Waals surface area contributed by atoms with Gasteiger partial charge in [0, 0.05) is 6.08 Å². The molecule has 0 aromatic rings. The van der Waals surface area contributed by atoms with Gasteiger partial charge in [0.1, 0.15) is 0 Å². The van der Waals surface area contributed by atoms with E-state index in [2.05, 4.69) is 5.43 Å². The van der Waals surface area contributed by atoms with Crippen LogP contribution in [0.5, 0.6) is 0 Å². The van der Waals surface area contributed by atoms with Crippen LogP contribution < -0.4 is 23.6 Å². The number of carbonyl (C=O) groups is 1. The largest absolute Gasteiger partial charge is 1.00 e. The van der Waals surface area contributed by atoms with Crippen LogP contribution in [0.3, 0.4) is 0 Å². The topological polar surface area (TPSA) is 55.1 Å². The third-order valence-corrected chi connectivity index (χ3v) is 1.05. The van der Waals surface area contributed by atoms with Crippen molar-refractivity contribution in [2.45, 2.75) is 6.42 Å². The Balaban J connectivity index is 0. The van der Waals surface area contributed by atoms with Crippen LogP contribution >= 0.6 is 0 Å². The molecule has 0 unspecified atom stereocenters. The minimum absolute atomic E-state index is 0. The minimum atomic E-state index is -0.0871. The molecular weight excluding hydrogens is 190 g/mol. The second-order valence-corrected chi connectivity index (χ2v) is 3.47. The van der Waals surface area contributed by atoms with Gasteiger partial charge < -0.3 is 18.1 Å². The zero-order valence-corrected chi connectivity index (χ0v) is 9.14. The Morgan fingerprint density at radius 3 is 2.38 bits per heavy atom. The molecule has 0 aliphatic heterocycles. The van der Waals surface area contributed by atoms with E-state index in [0.29, 0.717) is 11.1 Å². The predicted molar refractivity (Wildman–Crippen MR) is 49.0 cm³/mol. The van der Waals surface area contributed by atoms with Gasteiger partial charge in [0.2, 0.25) is 0 Å². The molecule has 0 fully saturated rings. The van der Waals surface area contributed by atoms with Crippen LogP contribution in [0.25, 0.3) is 0 Å². The number of halogens is 1. The molecule has 0 saturated heterocycles. The summed E-state index contributed by atoms with van der Waals surface area (Å²) in [5, 5.41) is 0. The van der Waals surface area contributed by atoms with Crippen molar-refractivity contribution in [2.24, 2.45) is 5.73 Å². The Morgan fingerprint density at radius 1 is 1.46 bits per heavy atom. The lowest BCUT2D eigenvalue weighted by Gasteiger charge is -2.22. The lowest BCUT2D eigenvalue weighted by molar-refractivity contribution is -0.905. The lowest BCUT2D eigenvalue weighted by Crippen LogP contribution is -3.00. The van der Waals surface area contributed by atoms with Crippen LogP contribution in [0.2, 0.25) is 0 Å². The van der Waals surface area contributed by atoms with Crippen LogP contribution in [0.4, 0.5) is 0 Å². The summed E-state index contributed by atoms with van der Waals surface area (Å²) in [7, 11) is 5.65. The molecule has 1 amide bonds. The van der Waals surface area contributed by atoms with E-state index in [1.807, 2.05) is 21.1 Å². The molecule has 0 rings (SSSR count). The number of nitrogens with two attached hydrogens (primary N) is 1. The maximum atomic E-state index is 11.1. The van der Waals surface area contributed by atoms with Gasteiger partial charge in [0.15, 0.2) is 0 Å². The van der Waals surface area contributed by atoms with Crippen molar-refractivity contribution in [2.75, 3.05) is 27.7 Å². The van der Waals surface area contributed by atoms with E-state index < -0.39 is 0 Å². The molecule has 0 atom stereocenters. The molecule has 0 bridgehead atoms. The van der Waals surface area contributed by atoms with Gasteiger partial charge in [-0.05, 0) is 13.0 Å². The number of rotatable bonds is 4. The van der Waals surface area contributed by atoms with E-state index >= 15 is 0 Å². The van der Waals surface area contributed by atoms with Crippen LogP contribution in [0, 0.1) is 0 Å². The van der Waals surface area contributed by atoms with E-state index in [1.165, 1.54) is 6.08 Å². The minimum Gasteiger partial charge on any atom is -1.00 e. The quantitative estimate of drug-likeness (QED) is 0.287. The maximum Gasteiger partial charge on any atom is 0.288 e. The van der Waals surface area contributed by atoms with Crippen LogP contribution in [0.1, 0.15) is 6.42 Å². The lowest BCUT2D eigenvalue weighted by atomic mass is 10.4. The van der Waals surface area contributed by atoms with E-state index in [0.717, 1.165) is 6.42 Å². The molecule has 13 heavy (non-hydrogen) atoms. The Kier molecular flexibility index (Phi) is 7.90. The first-order chi connectivity index (χ1) is 5.45. The van der Waals surface area contributed by atoms with Gasteiger partial charge in [-0.1, -0.05) is 6.08 Å². The van der Waals surface area contributed by atoms with E-state index in [-0.39, 0.29) is 18.3 Å². The molecule has 0 saturated carbocycles. The van der Waals surface area contributed by atoms with Gasteiger partial charge in [0.05, 0.1) is 21.1 Å². The average molecular weight is 208 g/mol. The van der Waals surface area contributed by atoms with Crippen molar-refractivity contribution >= 4 is 5.91 Å². The molecule has 0 aliphatic carbocycles. The number of nitrogens with zero attached hydrogens (tertiary/aromatic N) is 1. The molecule has 0 aromatic heterocycles. The fraction of sp³-hybridized carbons (Fsp3) is 0.625. The highest BCUT2D eigenvalue weighted by atomic mass is 35.5. The standard InChI is InChI=1S/C8H17N3O.ClH/c1-11(2,3)10-8(12)6-4-5-7-9;/h4,6H,5,7,9H2,1-3H3;1H. The molecule has 78 valence electrons. The van der Waals surface area contributed by atoms with E-state index in [9.17, 15) is 4.79 Å². The molecular formula is C8H18ClN3O. The van der Waals surface area contributed by atoms with Crippen molar-refractivity contribution in [1.82, 2.24) is 5.43 Å². The molecule has 0 spiro atoms. The molecule has 0 aromatic carbocycles. The van der Waals surface area contributed by atoms with E-state index in [4.69, 9.17) is 5.73 Å². The second kappa shape index (κ2) is 6.88. The smallest absolute Gasteiger partial charge is 0.288 e. The normalized spacial score (nSPS) is 11.1. The predicted octanol–water partition coefficient (Wildman–Crippen LogP) is -3.37. The van der Waals surface area contributed by atoms with Gasteiger partial charge in [0.25, 0.3) is 5.91 Å². The van der Waals surface area contributed by atoms with Gasteiger partial charge in [-0.15, -0.1) is 0 Å². The highest BCUT2D eigenvalue weighted by molar-refractivity contribution is 5.86. The fourth-order valence-electron chi connectivity index (χ4n) is 0.654. The molecule has 0 aliphatic rings. The first-order valence-corrected chi connectivity index (χ1v) is 3.96. The zero-order chi connectivity index (χ0) is 9.61. The van der Waals surface area contributed by atoms with Crippen molar-refractivity contribution in [1.29, 1.82) is 0 Å². The third kappa shape index (κ3) is 11.4. The summed E-state index contributed by atoms with van der Waals surface area (Å²) in [6.07, 6.45) is 4.02. The summed E-state index contributed by atoms with van der Waals surface area (Å²) in [6.45, 7) is 0.578. The average Bonchev–Trinajstić information content (AvgIpc) is 1.84. The van der Waals surface area contributed by atoms with Crippen molar-refractivity contribution in [3.8, 4) is 0 Å². The zero-order valence-electron chi connectivity index (χ0n) is 8.38. The highest BCUT2D eigenvalue weighted by Gasteiger charge is 2.08. The Bertz CT molecular complexity index is 175. The Labute approximate surface area is 85.7 Å². The SMILES string of the molecule is C[N+](C)(C)NC(=O)C=CCCN.[Cl-]. The number of quaternary nitrogens is 1. The maximum absolute atomic E-state index is 11.1. The summed E-state index contributed by atoms with van der Waals surface area (Å²) >= 11 is 0. The molecule has 0 radical (unpaired) electrons. The molecule has 3 N–H and O–H groups in total. The second-order valence-electron chi connectivity index (χ2n) is 3.47. The molecule has 0 heterocycles. The Hall–Kier alpha value is -0.580. The first-order valence-electron chi connectivity index (χ1n) is 3.96. The molecule has 5 heteroatoms. The van der Waals surface area contributed by atoms with Crippen LogP contribution in [0.15, 0.2) is 12.2 Å². The number of carbonyl (C=O) groups excluding carboxylic acids is 1. The van der Waals surface area contributed by atoms with Crippen LogP contribution in [-0.2, 0) is 4.79 Å². The Morgan fingerprint density at radius 2 is 2.00 bits per heavy atom. The first kappa shape index (κ1) is 14.9. The monoisotopic (exact) mass is 207 g/mol. The van der Waals surface area contributed by atoms with Gasteiger partial charge in [-0.2, -0.15) is 5.43 Å². The van der Waals surface area contributed by atoms with E-state index in [1.54, 1.807) is 6.08 Å². The van der Waals surface area contributed by atoms with Gasteiger partial charge >= 0.3 is 0 Å². The van der Waals surface area contributed by atoms with Gasteiger partial charge in [-0.25, -0.2) is 4.59 Å². The number of hydrogen-bond donors (Lipinski definition) is 2. The summed E-state index contributed by atoms with van der Waals surface area (Å²) in [6, 6.07) is 0. The van der Waals surface area contributed by atoms with Gasteiger partial charge in [-0.3, -0.25) is 4.79 Å². The van der Waals surface area contributed by atoms with Crippen LogP contribution in [-0.4, -0.2) is 38.2 Å². The van der Waals surface area contributed by atoms with Crippen molar-refractivity contribution in [3.05, 3.63) is 12.2 Å². The highest BCUT2D eigenvalue weighted by Crippen LogP contribution is 1.84. The third-order valence-electron chi connectivity index (χ3n) is 1.05. The van der Waals surface area contributed by atoms with Crippen molar-refractivity contribution < 1.29 is 21.8 Å². The number of amides is 1. The number of hydrogen-bond acceptors (Lipinski definition) is 2.